The van der Waals surface area contributed by atoms with Crippen LogP contribution in [-0.4, -0.2) is 26.9 Å². The minimum atomic E-state index is -0.587. The van der Waals surface area contributed by atoms with Crippen molar-refractivity contribution >= 4 is 40.8 Å². The first-order chi connectivity index (χ1) is 16.5. The molecule has 0 aliphatic rings. The van der Waals surface area contributed by atoms with Gasteiger partial charge < -0.3 is 21.3 Å². The van der Waals surface area contributed by atoms with Gasteiger partial charge >= 0.3 is 0 Å². The Morgan fingerprint density at radius 1 is 0.676 bits per heavy atom. The summed E-state index contributed by atoms with van der Waals surface area (Å²) in [5.41, 5.74) is 4.50. The molecule has 0 spiro atoms. The lowest BCUT2D eigenvalue weighted by Gasteiger charge is -2.17. The Bertz CT molecular complexity index is 1180. The van der Waals surface area contributed by atoms with E-state index in [1.54, 1.807) is 6.92 Å². The zero-order valence-corrected chi connectivity index (χ0v) is 19.3. The van der Waals surface area contributed by atoms with E-state index in [1.807, 2.05) is 92.7 Å². The Balaban J connectivity index is 1.55. The number of nitrogens with one attached hydrogen (secondary N) is 4. The second-order valence-corrected chi connectivity index (χ2v) is 7.91. The normalized spacial score (nSPS) is 11.4. The van der Waals surface area contributed by atoms with E-state index < -0.39 is 6.04 Å². The minimum absolute atomic E-state index is 0.187. The summed E-state index contributed by atoms with van der Waals surface area (Å²) in [4.78, 5) is 26.3. The molecule has 4 N–H and O–H groups in total. The van der Waals surface area contributed by atoms with Gasteiger partial charge in [-0.25, -0.2) is 0 Å². The molecule has 3 aromatic carbocycles. The number of carbonyl (C=O) groups excluding carboxylic acids is 1. The predicted octanol–water partition coefficient (Wildman–Crippen LogP) is 5.41. The molecule has 8 nitrogen and oxygen atoms in total. The first kappa shape index (κ1) is 22.7. The molecule has 0 saturated heterocycles. The zero-order chi connectivity index (χ0) is 23.9. The molecule has 0 bridgehead atoms. The number of amides is 1. The largest absolute Gasteiger partial charge is 0.342 e. The van der Waals surface area contributed by atoms with E-state index >= 15 is 0 Å². The smallest absolute Gasteiger partial charge is 0.246 e. The van der Waals surface area contributed by atoms with E-state index in [0.717, 1.165) is 28.2 Å². The molecule has 4 aromatic rings. The molecule has 1 heterocycles. The fourth-order valence-electron chi connectivity index (χ4n) is 3.36. The van der Waals surface area contributed by atoms with Gasteiger partial charge in [-0.05, 0) is 56.2 Å². The lowest BCUT2D eigenvalue weighted by molar-refractivity contribution is -0.116. The van der Waals surface area contributed by atoms with Gasteiger partial charge in [0.2, 0.25) is 23.8 Å². The van der Waals surface area contributed by atoms with Crippen molar-refractivity contribution < 1.29 is 4.79 Å². The number of rotatable bonds is 8. The highest BCUT2D eigenvalue weighted by Crippen LogP contribution is 2.21. The second kappa shape index (κ2) is 10.4. The first-order valence-electron chi connectivity index (χ1n) is 11.0. The van der Waals surface area contributed by atoms with Gasteiger partial charge in [0, 0.05) is 17.1 Å². The van der Waals surface area contributed by atoms with Gasteiger partial charge in [-0.3, -0.25) is 4.79 Å². The maximum atomic E-state index is 12.9. The third-order valence-corrected chi connectivity index (χ3v) is 5.16. The van der Waals surface area contributed by atoms with Gasteiger partial charge in [-0.15, -0.1) is 0 Å². The van der Waals surface area contributed by atoms with Crippen LogP contribution in [0.1, 0.15) is 18.1 Å². The fourth-order valence-corrected chi connectivity index (χ4v) is 3.36. The molecule has 172 valence electrons. The summed E-state index contributed by atoms with van der Waals surface area (Å²) in [6, 6.07) is 24.5. The Hall–Kier alpha value is -4.46. The van der Waals surface area contributed by atoms with Gasteiger partial charge in [0.15, 0.2) is 0 Å². The van der Waals surface area contributed by atoms with Crippen molar-refractivity contribution in [2.24, 2.45) is 0 Å². The Labute approximate surface area is 198 Å². The lowest BCUT2D eigenvalue weighted by atomic mass is 10.1. The van der Waals surface area contributed by atoms with E-state index in [-0.39, 0.29) is 11.9 Å². The maximum absolute atomic E-state index is 12.9. The van der Waals surface area contributed by atoms with Crippen LogP contribution in [-0.2, 0) is 4.79 Å². The van der Waals surface area contributed by atoms with E-state index in [4.69, 9.17) is 0 Å². The number of para-hydroxylation sites is 3. The van der Waals surface area contributed by atoms with Crippen LogP contribution >= 0.6 is 0 Å². The van der Waals surface area contributed by atoms with Crippen LogP contribution in [0.2, 0.25) is 0 Å². The van der Waals surface area contributed by atoms with Gasteiger partial charge in [0.05, 0.1) is 0 Å². The van der Waals surface area contributed by atoms with Gasteiger partial charge in [0.25, 0.3) is 0 Å². The van der Waals surface area contributed by atoms with Gasteiger partial charge in [0.1, 0.15) is 6.04 Å². The average Bonchev–Trinajstić information content (AvgIpc) is 2.82. The Morgan fingerprint density at radius 2 is 1.15 bits per heavy atom. The summed E-state index contributed by atoms with van der Waals surface area (Å²) in [5.74, 6) is 0.790. The quantitative estimate of drug-likeness (QED) is 0.283. The number of aromatic nitrogens is 3. The van der Waals surface area contributed by atoms with Crippen LogP contribution < -0.4 is 21.3 Å². The van der Waals surface area contributed by atoms with Crippen molar-refractivity contribution in [3.63, 3.8) is 0 Å². The highest BCUT2D eigenvalue weighted by atomic mass is 16.2. The number of hydrogen-bond acceptors (Lipinski definition) is 7. The van der Waals surface area contributed by atoms with Crippen molar-refractivity contribution in [2.75, 3.05) is 21.3 Å². The van der Waals surface area contributed by atoms with Crippen molar-refractivity contribution in [1.29, 1.82) is 0 Å². The van der Waals surface area contributed by atoms with Crippen molar-refractivity contribution in [3.05, 3.63) is 90.0 Å². The summed E-state index contributed by atoms with van der Waals surface area (Å²) < 4.78 is 0. The molecule has 0 radical (unpaired) electrons. The molecular formula is C26H27N7O. The summed E-state index contributed by atoms with van der Waals surface area (Å²) in [6.07, 6.45) is 0. The zero-order valence-electron chi connectivity index (χ0n) is 19.3. The average molecular weight is 454 g/mol. The molecule has 0 fully saturated rings. The topological polar surface area (TPSA) is 104 Å². The van der Waals surface area contributed by atoms with Crippen LogP contribution in [0, 0.1) is 13.8 Å². The summed E-state index contributed by atoms with van der Waals surface area (Å²) in [5, 5.41) is 12.5. The van der Waals surface area contributed by atoms with Gasteiger partial charge in [-0.1, -0.05) is 54.6 Å². The number of benzene rings is 3. The summed E-state index contributed by atoms with van der Waals surface area (Å²) in [6.45, 7) is 5.70. The lowest BCUT2D eigenvalue weighted by Crippen LogP contribution is -2.33. The molecule has 8 heteroatoms. The fraction of sp³-hybridized carbons (Fsp3) is 0.154. The number of aryl methyl sites for hydroxylation is 2. The van der Waals surface area contributed by atoms with Crippen LogP contribution in [0.5, 0.6) is 0 Å². The minimum Gasteiger partial charge on any atom is -0.342 e. The SMILES string of the molecule is Cc1cccc(C)c1NC(=O)[C@H](C)Nc1nc(Nc2ccccc2)nc(Nc2ccccc2)n1. The molecule has 34 heavy (non-hydrogen) atoms. The number of hydrogen-bond donors (Lipinski definition) is 4. The summed E-state index contributed by atoms with van der Waals surface area (Å²) in [7, 11) is 0. The summed E-state index contributed by atoms with van der Waals surface area (Å²) >= 11 is 0. The number of carbonyl (C=O) groups is 1. The third kappa shape index (κ3) is 5.86. The van der Waals surface area contributed by atoms with E-state index in [1.165, 1.54) is 0 Å². The molecule has 0 aliphatic heterocycles. The third-order valence-electron chi connectivity index (χ3n) is 5.16. The van der Waals surface area contributed by atoms with Crippen LogP contribution in [0.3, 0.4) is 0 Å². The molecule has 1 aromatic heterocycles. The van der Waals surface area contributed by atoms with E-state index in [2.05, 4.69) is 36.2 Å². The van der Waals surface area contributed by atoms with Crippen LogP contribution in [0.15, 0.2) is 78.9 Å². The van der Waals surface area contributed by atoms with Crippen LogP contribution in [0.4, 0.5) is 34.9 Å². The van der Waals surface area contributed by atoms with Crippen molar-refractivity contribution in [1.82, 2.24) is 15.0 Å². The maximum Gasteiger partial charge on any atom is 0.246 e. The first-order valence-corrected chi connectivity index (χ1v) is 11.0. The number of nitrogens with zero attached hydrogens (tertiary/aromatic N) is 3. The molecule has 0 saturated carbocycles. The monoisotopic (exact) mass is 453 g/mol. The van der Waals surface area contributed by atoms with Crippen molar-refractivity contribution in [2.45, 2.75) is 26.8 Å². The highest BCUT2D eigenvalue weighted by molar-refractivity contribution is 5.97. The Kier molecular flexibility index (Phi) is 6.98. The molecular weight excluding hydrogens is 426 g/mol. The molecule has 0 unspecified atom stereocenters. The van der Waals surface area contributed by atoms with E-state index in [9.17, 15) is 4.79 Å². The van der Waals surface area contributed by atoms with Crippen molar-refractivity contribution in [3.8, 4) is 0 Å². The molecule has 1 amide bonds. The highest BCUT2D eigenvalue weighted by Gasteiger charge is 2.17. The van der Waals surface area contributed by atoms with E-state index in [0.29, 0.717) is 11.9 Å². The predicted molar refractivity (Wildman–Crippen MR) is 137 cm³/mol. The molecule has 0 aliphatic carbocycles. The Morgan fingerprint density at radius 3 is 1.65 bits per heavy atom. The standard InChI is InChI=1S/C26H27N7O/c1-17-11-10-12-18(2)22(17)30-23(34)19(3)27-24-31-25(28-20-13-6-4-7-14-20)33-26(32-24)29-21-15-8-5-9-16-21/h4-16,19H,1-3H3,(H,30,34)(H3,27,28,29,31,32,33)/t19-/m0/s1. The molecule has 1 atom stereocenters. The number of anilines is 6. The second-order valence-electron chi connectivity index (χ2n) is 7.91. The van der Waals surface area contributed by atoms with Crippen LogP contribution in [0.25, 0.3) is 0 Å². The van der Waals surface area contributed by atoms with Gasteiger partial charge in [-0.2, -0.15) is 15.0 Å². The molecule has 4 rings (SSSR count).